The fourth-order valence-electron chi connectivity index (χ4n) is 3.05. The molecule has 0 radical (unpaired) electrons. The largest absolute Gasteiger partial charge is 0.482 e. The highest BCUT2D eigenvalue weighted by Crippen LogP contribution is 2.44. The van der Waals surface area contributed by atoms with Gasteiger partial charge in [0.1, 0.15) is 6.10 Å². The molecule has 1 aliphatic heterocycles. The fraction of sp³-hybridized carbons (Fsp3) is 0.381. The molecule has 1 N–H and O–H groups in total. The Kier molecular flexibility index (Phi) is 6.98. The van der Waals surface area contributed by atoms with E-state index in [0.717, 1.165) is 17.2 Å². The van der Waals surface area contributed by atoms with Gasteiger partial charge in [0, 0.05) is 28.3 Å². The molecule has 1 aromatic heterocycles. The summed E-state index contributed by atoms with van der Waals surface area (Å²) in [6, 6.07) is 6.95. The van der Waals surface area contributed by atoms with Crippen LogP contribution in [0.2, 0.25) is 5.02 Å². The Morgan fingerprint density at radius 2 is 1.94 bits per heavy atom. The first kappa shape index (κ1) is 23.2. The first-order valence-corrected chi connectivity index (χ1v) is 11.9. The molecule has 0 aliphatic carbocycles. The van der Waals surface area contributed by atoms with Gasteiger partial charge in [-0.1, -0.05) is 42.8 Å². The number of aromatic nitrogens is 2. The summed E-state index contributed by atoms with van der Waals surface area (Å²) >= 11 is 6.39. The van der Waals surface area contributed by atoms with Crippen molar-refractivity contribution >= 4 is 27.3 Å². The molecular formula is C21H24ClN3O5S. The Labute approximate surface area is 186 Å². The van der Waals surface area contributed by atoms with Gasteiger partial charge < -0.3 is 14.8 Å². The van der Waals surface area contributed by atoms with Crippen molar-refractivity contribution in [1.82, 2.24) is 15.3 Å². The molecule has 1 fully saturated rings. The second-order valence-electron chi connectivity index (χ2n) is 7.83. The molecule has 10 heteroatoms. The number of ether oxygens (including phenoxy) is 2. The molecule has 0 saturated carbocycles. The molecule has 2 atom stereocenters. The van der Waals surface area contributed by atoms with Gasteiger partial charge in [-0.15, -0.1) is 0 Å². The van der Waals surface area contributed by atoms with Crippen LogP contribution in [-0.4, -0.2) is 49.8 Å². The fourth-order valence-corrected chi connectivity index (χ4v) is 3.81. The van der Waals surface area contributed by atoms with E-state index in [1.54, 1.807) is 13.0 Å². The van der Waals surface area contributed by atoms with E-state index >= 15 is 0 Å². The summed E-state index contributed by atoms with van der Waals surface area (Å²) < 4.78 is 33.9. The summed E-state index contributed by atoms with van der Waals surface area (Å²) in [4.78, 5) is 20.5. The van der Waals surface area contributed by atoms with E-state index in [1.807, 2.05) is 18.2 Å². The molecule has 2 heterocycles. The number of halogens is 1. The second-order valence-corrected chi connectivity index (χ2v) is 10.2. The zero-order valence-electron chi connectivity index (χ0n) is 17.4. The summed E-state index contributed by atoms with van der Waals surface area (Å²) in [5.41, 5.74) is 0.575. The standard InChI is InChI=1S/C21H24ClN3O5S/c1-14(8-9-31(3,27)28)25-20(26)19-23-10-15(11-24-19)30-18(21(2)12-29-13-21)16-6-4-5-7-17(16)22/h4-11,14,18H,12-13H2,1-3H3,(H,25,26)/b9-8+/t14-,18+/m1/s1. The van der Waals surface area contributed by atoms with Crippen LogP contribution in [0, 0.1) is 5.41 Å². The Morgan fingerprint density at radius 1 is 1.29 bits per heavy atom. The molecule has 31 heavy (non-hydrogen) atoms. The molecule has 3 rings (SSSR count). The van der Waals surface area contributed by atoms with Crippen LogP contribution in [0.15, 0.2) is 48.1 Å². The Morgan fingerprint density at radius 3 is 2.48 bits per heavy atom. The first-order valence-electron chi connectivity index (χ1n) is 9.57. The van der Waals surface area contributed by atoms with Crippen molar-refractivity contribution < 1.29 is 22.7 Å². The summed E-state index contributed by atoms with van der Waals surface area (Å²) in [6.07, 6.45) is 4.92. The maximum Gasteiger partial charge on any atom is 0.289 e. The number of carbonyl (C=O) groups excluding carboxylic acids is 1. The van der Waals surface area contributed by atoms with E-state index < -0.39 is 21.8 Å². The second kappa shape index (κ2) is 9.33. The minimum atomic E-state index is -3.27. The van der Waals surface area contributed by atoms with Gasteiger partial charge in [-0.05, 0) is 13.0 Å². The third kappa shape index (κ3) is 6.03. The summed E-state index contributed by atoms with van der Waals surface area (Å²) in [5, 5.41) is 4.24. The van der Waals surface area contributed by atoms with E-state index in [2.05, 4.69) is 22.2 Å². The average Bonchev–Trinajstić information content (AvgIpc) is 2.69. The smallest absolute Gasteiger partial charge is 0.289 e. The number of carbonyl (C=O) groups is 1. The van der Waals surface area contributed by atoms with Crippen LogP contribution in [0.1, 0.15) is 36.1 Å². The highest BCUT2D eigenvalue weighted by atomic mass is 35.5. The predicted octanol–water partition coefficient (Wildman–Crippen LogP) is 2.96. The van der Waals surface area contributed by atoms with Gasteiger partial charge in [0.15, 0.2) is 15.6 Å². The zero-order chi connectivity index (χ0) is 22.6. The molecule has 0 spiro atoms. The third-order valence-electron chi connectivity index (χ3n) is 4.74. The third-order valence-corrected chi connectivity index (χ3v) is 5.74. The lowest BCUT2D eigenvalue weighted by Crippen LogP contribution is -2.46. The summed E-state index contributed by atoms with van der Waals surface area (Å²) in [7, 11) is -3.27. The Hall–Kier alpha value is -2.49. The van der Waals surface area contributed by atoms with Crippen LogP contribution < -0.4 is 10.1 Å². The molecule has 0 unspecified atom stereocenters. The quantitative estimate of drug-likeness (QED) is 0.638. The monoisotopic (exact) mass is 465 g/mol. The van der Waals surface area contributed by atoms with Gasteiger partial charge in [-0.25, -0.2) is 18.4 Å². The van der Waals surface area contributed by atoms with E-state index in [4.69, 9.17) is 21.1 Å². The lowest BCUT2D eigenvalue weighted by atomic mass is 9.79. The summed E-state index contributed by atoms with van der Waals surface area (Å²) in [5.74, 6) is -0.196. The highest BCUT2D eigenvalue weighted by molar-refractivity contribution is 7.93. The normalized spacial score (nSPS) is 17.5. The lowest BCUT2D eigenvalue weighted by molar-refractivity contribution is -0.155. The number of hydrogen-bond donors (Lipinski definition) is 1. The van der Waals surface area contributed by atoms with Gasteiger partial charge in [0.05, 0.1) is 31.0 Å². The molecule has 2 aromatic rings. The van der Waals surface area contributed by atoms with Gasteiger partial charge in [-0.3, -0.25) is 4.79 Å². The molecule has 1 aromatic carbocycles. The van der Waals surface area contributed by atoms with E-state index in [9.17, 15) is 13.2 Å². The number of hydrogen-bond acceptors (Lipinski definition) is 7. The maximum atomic E-state index is 12.3. The number of benzene rings is 1. The van der Waals surface area contributed by atoms with Gasteiger partial charge in [0.2, 0.25) is 5.82 Å². The topological polar surface area (TPSA) is 107 Å². The van der Waals surface area contributed by atoms with Crippen molar-refractivity contribution in [2.24, 2.45) is 5.41 Å². The number of rotatable bonds is 8. The minimum absolute atomic E-state index is 0.0561. The molecular weight excluding hydrogens is 442 g/mol. The van der Waals surface area contributed by atoms with Crippen molar-refractivity contribution in [1.29, 1.82) is 0 Å². The van der Waals surface area contributed by atoms with Gasteiger partial charge >= 0.3 is 0 Å². The van der Waals surface area contributed by atoms with Crippen molar-refractivity contribution in [3.8, 4) is 5.75 Å². The predicted molar refractivity (Wildman–Crippen MR) is 117 cm³/mol. The number of sulfone groups is 1. The van der Waals surface area contributed by atoms with E-state index in [0.29, 0.717) is 24.0 Å². The van der Waals surface area contributed by atoms with E-state index in [-0.39, 0.29) is 17.3 Å². The van der Waals surface area contributed by atoms with Gasteiger partial charge in [-0.2, -0.15) is 0 Å². The van der Waals surface area contributed by atoms with Crippen LogP contribution in [-0.2, 0) is 14.6 Å². The molecule has 1 aliphatic rings. The molecule has 1 saturated heterocycles. The van der Waals surface area contributed by atoms with Crippen LogP contribution in [0.5, 0.6) is 5.75 Å². The van der Waals surface area contributed by atoms with Crippen LogP contribution in [0.4, 0.5) is 0 Å². The highest BCUT2D eigenvalue weighted by Gasteiger charge is 2.44. The van der Waals surface area contributed by atoms with Crippen molar-refractivity contribution in [3.05, 3.63) is 64.6 Å². The average molecular weight is 466 g/mol. The molecule has 0 bridgehead atoms. The Bertz CT molecular complexity index is 1070. The molecule has 8 nitrogen and oxygen atoms in total. The van der Waals surface area contributed by atoms with Crippen LogP contribution in [0.3, 0.4) is 0 Å². The Balaban J connectivity index is 1.72. The number of nitrogens with one attached hydrogen (secondary N) is 1. The van der Waals surface area contributed by atoms with Crippen molar-refractivity contribution in [2.75, 3.05) is 19.5 Å². The SMILES string of the molecule is C[C@H](/C=C/S(C)(=O)=O)NC(=O)c1ncc(O[C@@H](c2ccccc2Cl)C2(C)COC2)cn1. The first-order chi connectivity index (χ1) is 14.6. The zero-order valence-corrected chi connectivity index (χ0v) is 19.0. The van der Waals surface area contributed by atoms with E-state index in [1.165, 1.54) is 18.5 Å². The van der Waals surface area contributed by atoms with Crippen molar-refractivity contribution in [3.63, 3.8) is 0 Å². The van der Waals surface area contributed by atoms with Crippen LogP contribution in [0.25, 0.3) is 0 Å². The number of amides is 1. The molecule has 1 amide bonds. The van der Waals surface area contributed by atoms with Crippen molar-refractivity contribution in [2.45, 2.75) is 26.0 Å². The lowest BCUT2D eigenvalue weighted by Gasteiger charge is -2.44. The minimum Gasteiger partial charge on any atom is -0.482 e. The molecule has 166 valence electrons. The van der Waals surface area contributed by atoms with Gasteiger partial charge in [0.25, 0.3) is 5.91 Å². The number of nitrogens with zero attached hydrogens (tertiary/aromatic N) is 2. The summed E-state index contributed by atoms with van der Waals surface area (Å²) in [6.45, 7) is 4.76. The maximum absolute atomic E-state index is 12.3. The van der Waals surface area contributed by atoms with Crippen LogP contribution >= 0.6 is 11.6 Å².